The first kappa shape index (κ1) is 52.1. The summed E-state index contributed by atoms with van der Waals surface area (Å²) in [6.07, 6.45) is 7.49. The van der Waals surface area contributed by atoms with Crippen LogP contribution in [-0.2, 0) is 54.3 Å². The third-order valence-corrected chi connectivity index (χ3v) is 9.95. The Morgan fingerprint density at radius 2 is 0.896 bits per heavy atom. The molecule has 0 aliphatic rings. The van der Waals surface area contributed by atoms with Gasteiger partial charge in [0, 0.05) is 18.9 Å². The maximum Gasteiger partial charge on any atom is 0.338 e. The van der Waals surface area contributed by atoms with Crippen molar-refractivity contribution in [1.29, 1.82) is 0 Å². The van der Waals surface area contributed by atoms with Crippen molar-refractivity contribution in [2.75, 3.05) is 13.2 Å². The van der Waals surface area contributed by atoms with Gasteiger partial charge in [-0.15, -0.1) is 0 Å². The van der Waals surface area contributed by atoms with Crippen LogP contribution in [0.4, 0.5) is 0 Å². The summed E-state index contributed by atoms with van der Waals surface area (Å²) in [5, 5.41) is 2.40. The molecule has 11 heteroatoms. The van der Waals surface area contributed by atoms with Crippen LogP contribution in [0.25, 0.3) is 12.2 Å². The summed E-state index contributed by atoms with van der Waals surface area (Å²) in [7, 11) is 0. The molecule has 0 spiro atoms. The number of nitrogens with one attached hydrogen (secondary N) is 1. The molecule has 6 aromatic carbocycles. The van der Waals surface area contributed by atoms with E-state index in [1.807, 2.05) is 121 Å². The number of allylic oxidation sites excluding steroid dienone is 1. The van der Waals surface area contributed by atoms with Gasteiger partial charge in [-0.25, -0.2) is 9.59 Å². The predicted octanol–water partition coefficient (Wildman–Crippen LogP) is 9.43. The minimum absolute atomic E-state index is 0.0160. The zero-order valence-corrected chi connectivity index (χ0v) is 38.3. The second kappa shape index (κ2) is 29.1. The lowest BCUT2D eigenvalue weighted by Gasteiger charge is -2.17. The summed E-state index contributed by atoms with van der Waals surface area (Å²) in [6.45, 7) is 4.16. The average molecular weight is 920 g/mol. The molecule has 0 unspecified atom stereocenters. The highest BCUT2D eigenvalue weighted by molar-refractivity contribution is 6.66. The fraction of sp³-hybridized carbons (Fsp3) is 0.179. The number of rotatable bonds is 19. The van der Waals surface area contributed by atoms with Gasteiger partial charge in [0.1, 0.15) is 0 Å². The molecule has 0 aromatic heterocycles. The van der Waals surface area contributed by atoms with E-state index >= 15 is 0 Å². The topological polar surface area (TPSA) is 159 Å². The van der Waals surface area contributed by atoms with Crippen LogP contribution in [-0.4, -0.2) is 60.0 Å². The third kappa shape index (κ3) is 20.0. The maximum absolute atomic E-state index is 13.1. The number of ketones is 2. The minimum Gasteiger partial charge on any atom is -0.462 e. The standard InChI is InChI=1S/C28H27NO4.C19H21NO3.C9H7ClO/c1-2-33-28(32)24-16-13-23(14-17-24)20-26(30)25(19-22-11-7-4-8-12-22)29-27(31)18-15-21-9-5-3-6-10-21;1-2-23-19(22)16-10-8-15(9-11-16)13-18(21)17(20)12-14-6-4-3-5-7-14;10-9(11)7-6-8-4-2-1-3-5-8/h3-18,25H,2,19-20H2,1H3,(H,29,31);3-11,17H,2,12-13,20H2,1H3;1-7H/b18-15+;;7-6+/t25-;17-;/m00./s1. The van der Waals surface area contributed by atoms with Gasteiger partial charge in [0.2, 0.25) is 11.1 Å². The molecular formula is C56H55ClN2O8. The van der Waals surface area contributed by atoms with Crippen LogP contribution in [0.3, 0.4) is 0 Å². The molecule has 10 nitrogen and oxygen atoms in total. The molecule has 2 atom stereocenters. The smallest absolute Gasteiger partial charge is 0.338 e. The number of ether oxygens (including phenoxy) is 2. The number of carbonyl (C=O) groups excluding carboxylic acids is 6. The van der Waals surface area contributed by atoms with E-state index in [-0.39, 0.29) is 36.3 Å². The quantitative estimate of drug-likeness (QED) is 0.0459. The van der Waals surface area contributed by atoms with Crippen molar-refractivity contribution >= 4 is 58.4 Å². The molecule has 0 heterocycles. The number of hydrogen-bond acceptors (Lipinski definition) is 9. The lowest BCUT2D eigenvalue weighted by Crippen LogP contribution is -2.42. The molecule has 67 heavy (non-hydrogen) atoms. The Morgan fingerprint density at radius 3 is 1.31 bits per heavy atom. The molecule has 0 saturated carbocycles. The number of benzene rings is 6. The van der Waals surface area contributed by atoms with Gasteiger partial charge in [0.05, 0.1) is 36.4 Å². The second-order valence-electron chi connectivity index (χ2n) is 15.0. The zero-order chi connectivity index (χ0) is 48.2. The Labute approximate surface area is 397 Å². The average Bonchev–Trinajstić information content (AvgIpc) is 3.35. The molecule has 1 amide bonds. The molecule has 344 valence electrons. The fourth-order valence-corrected chi connectivity index (χ4v) is 6.42. The van der Waals surface area contributed by atoms with Gasteiger partial charge in [0.25, 0.3) is 0 Å². The molecule has 6 aromatic rings. The first-order valence-electron chi connectivity index (χ1n) is 21.8. The molecule has 0 radical (unpaired) electrons. The van der Waals surface area contributed by atoms with E-state index in [0.29, 0.717) is 37.2 Å². The Morgan fingerprint density at radius 1 is 0.507 bits per heavy atom. The van der Waals surface area contributed by atoms with Gasteiger partial charge in [-0.2, -0.15) is 0 Å². The summed E-state index contributed by atoms with van der Waals surface area (Å²) in [5.41, 5.74) is 12.4. The number of nitrogens with two attached hydrogens (primary N) is 1. The summed E-state index contributed by atoms with van der Waals surface area (Å²) in [6, 6.07) is 50.7. The van der Waals surface area contributed by atoms with E-state index in [4.69, 9.17) is 26.8 Å². The summed E-state index contributed by atoms with van der Waals surface area (Å²) in [5.74, 6) is -1.20. The third-order valence-electron chi connectivity index (χ3n) is 9.82. The highest BCUT2D eigenvalue weighted by Crippen LogP contribution is 2.13. The molecule has 6 rings (SSSR count). The molecule has 0 saturated heterocycles. The SMILES string of the molecule is CCOC(=O)c1ccc(CC(=O)[C@@H](N)Cc2ccccc2)cc1.CCOC(=O)c1ccc(CC(=O)[C@H](Cc2ccccc2)NC(=O)/C=C/c2ccccc2)cc1.O=C(Cl)/C=C/c1ccccc1. The number of amides is 1. The van der Waals surface area contributed by atoms with Gasteiger partial charge in [-0.3, -0.25) is 19.2 Å². The highest BCUT2D eigenvalue weighted by atomic mass is 35.5. The summed E-state index contributed by atoms with van der Waals surface area (Å²) >= 11 is 5.10. The van der Waals surface area contributed by atoms with Gasteiger partial charge in [0.15, 0.2) is 11.6 Å². The predicted molar refractivity (Wildman–Crippen MR) is 264 cm³/mol. The van der Waals surface area contributed by atoms with Crippen LogP contribution in [0.15, 0.2) is 182 Å². The maximum atomic E-state index is 13.1. The van der Waals surface area contributed by atoms with Crippen molar-refractivity contribution in [3.8, 4) is 0 Å². The molecular weight excluding hydrogens is 864 g/mol. The first-order valence-corrected chi connectivity index (χ1v) is 22.2. The number of hydrogen-bond donors (Lipinski definition) is 2. The molecule has 0 aliphatic carbocycles. The molecule has 0 bridgehead atoms. The lowest BCUT2D eigenvalue weighted by molar-refractivity contribution is -0.125. The fourth-order valence-electron chi connectivity index (χ4n) is 6.36. The Kier molecular flexibility index (Phi) is 22.6. The summed E-state index contributed by atoms with van der Waals surface area (Å²) < 4.78 is 9.92. The Balaban J connectivity index is 0.000000248. The van der Waals surface area contributed by atoms with E-state index in [2.05, 4.69) is 5.32 Å². The van der Waals surface area contributed by atoms with Gasteiger partial charge < -0.3 is 20.5 Å². The second-order valence-corrected chi connectivity index (χ2v) is 15.3. The van der Waals surface area contributed by atoms with E-state index in [9.17, 15) is 28.8 Å². The van der Waals surface area contributed by atoms with Crippen LogP contribution in [0.5, 0.6) is 0 Å². The zero-order valence-electron chi connectivity index (χ0n) is 37.6. The van der Waals surface area contributed by atoms with E-state index in [1.165, 1.54) is 12.2 Å². The van der Waals surface area contributed by atoms with Crippen LogP contribution in [0.2, 0.25) is 0 Å². The van der Waals surface area contributed by atoms with Gasteiger partial charge >= 0.3 is 11.9 Å². The van der Waals surface area contributed by atoms with Crippen molar-refractivity contribution < 1.29 is 38.2 Å². The van der Waals surface area contributed by atoms with E-state index in [1.54, 1.807) is 74.5 Å². The summed E-state index contributed by atoms with van der Waals surface area (Å²) in [4.78, 5) is 71.6. The van der Waals surface area contributed by atoms with Crippen molar-refractivity contribution in [3.05, 3.63) is 227 Å². The number of halogens is 1. The van der Waals surface area contributed by atoms with E-state index in [0.717, 1.165) is 33.4 Å². The van der Waals surface area contributed by atoms with Crippen LogP contribution in [0.1, 0.15) is 67.9 Å². The number of carbonyl (C=O) groups is 6. The number of Topliss-reactive ketones (excluding diaryl/α,β-unsaturated/α-hetero) is 2. The van der Waals surface area contributed by atoms with Crippen LogP contribution in [0, 0.1) is 0 Å². The van der Waals surface area contributed by atoms with Crippen molar-refractivity contribution in [2.45, 2.75) is 51.6 Å². The Bertz CT molecular complexity index is 2530. The van der Waals surface area contributed by atoms with Crippen molar-refractivity contribution in [2.24, 2.45) is 5.73 Å². The number of esters is 2. The molecule has 0 aliphatic heterocycles. The van der Waals surface area contributed by atoms with Crippen LogP contribution >= 0.6 is 11.6 Å². The highest BCUT2D eigenvalue weighted by Gasteiger charge is 2.21. The van der Waals surface area contributed by atoms with E-state index < -0.39 is 23.3 Å². The monoisotopic (exact) mass is 918 g/mol. The molecule has 3 N–H and O–H groups in total. The lowest BCUT2D eigenvalue weighted by atomic mass is 9.97. The van der Waals surface area contributed by atoms with Gasteiger partial charge in [-0.05, 0) is 108 Å². The minimum atomic E-state index is -0.676. The van der Waals surface area contributed by atoms with Crippen LogP contribution < -0.4 is 11.1 Å². The van der Waals surface area contributed by atoms with Gasteiger partial charge in [-0.1, -0.05) is 152 Å². The Hall–Kier alpha value is -7.53. The first-order chi connectivity index (χ1) is 32.4. The normalized spacial score (nSPS) is 11.5. The largest absolute Gasteiger partial charge is 0.462 e. The van der Waals surface area contributed by atoms with Crippen molar-refractivity contribution in [1.82, 2.24) is 5.32 Å². The molecule has 0 fully saturated rings. The van der Waals surface area contributed by atoms with Crippen molar-refractivity contribution in [3.63, 3.8) is 0 Å².